The van der Waals surface area contributed by atoms with Gasteiger partial charge in [-0.15, -0.1) is 0 Å². The fourth-order valence-electron chi connectivity index (χ4n) is 0.884. The van der Waals surface area contributed by atoms with Crippen LogP contribution in [0.1, 0.15) is 47.0 Å². The van der Waals surface area contributed by atoms with E-state index in [4.69, 9.17) is 0 Å². The number of hydrogen-bond acceptors (Lipinski definition) is 0. The van der Waals surface area contributed by atoms with Crippen molar-refractivity contribution in [3.8, 4) is 0 Å². The molecule has 0 heteroatoms. The maximum absolute atomic E-state index is 2.32. The highest BCUT2D eigenvalue weighted by Crippen LogP contribution is 2.18. The predicted molar refractivity (Wildman–Crippen MR) is 43.3 cm³/mol. The third-order valence-electron chi connectivity index (χ3n) is 2.00. The van der Waals surface area contributed by atoms with Crippen molar-refractivity contribution in [2.45, 2.75) is 47.0 Å². The summed E-state index contributed by atoms with van der Waals surface area (Å²) >= 11 is 0. The molecule has 0 nitrogen and oxygen atoms in total. The van der Waals surface area contributed by atoms with Crippen LogP contribution in [0.25, 0.3) is 0 Å². The van der Waals surface area contributed by atoms with Crippen LogP contribution in [0.4, 0.5) is 0 Å². The molecule has 55 valence electrons. The van der Waals surface area contributed by atoms with E-state index in [2.05, 4.69) is 27.7 Å². The Balaban J connectivity index is 3.22. The summed E-state index contributed by atoms with van der Waals surface area (Å²) in [4.78, 5) is 0. The number of rotatable bonds is 4. The Morgan fingerprint density at radius 1 is 1.33 bits per heavy atom. The average molecular weight is 127 g/mol. The molecule has 0 saturated carbocycles. The summed E-state index contributed by atoms with van der Waals surface area (Å²) in [5.74, 6) is 2.54. The summed E-state index contributed by atoms with van der Waals surface area (Å²) in [5, 5.41) is 0. The molecule has 0 heterocycles. The highest BCUT2D eigenvalue weighted by atomic mass is 14.1. The SMILES string of the molecule is CC[C](C)CC(C)CC. The van der Waals surface area contributed by atoms with Crippen LogP contribution in [0.5, 0.6) is 0 Å². The van der Waals surface area contributed by atoms with Crippen molar-refractivity contribution in [2.24, 2.45) is 5.92 Å². The summed E-state index contributed by atoms with van der Waals surface area (Å²) in [6.07, 6.45) is 3.90. The van der Waals surface area contributed by atoms with Gasteiger partial charge in [0.2, 0.25) is 0 Å². The molecule has 0 rings (SSSR count). The first-order valence-corrected chi connectivity index (χ1v) is 4.02. The molecular weight excluding hydrogens is 108 g/mol. The second-order valence-electron chi connectivity index (χ2n) is 3.03. The van der Waals surface area contributed by atoms with Crippen molar-refractivity contribution < 1.29 is 0 Å². The highest BCUT2D eigenvalue weighted by Gasteiger charge is 2.03. The number of hydrogen-bond donors (Lipinski definition) is 0. The predicted octanol–water partition coefficient (Wildman–Crippen LogP) is 3.43. The van der Waals surface area contributed by atoms with Gasteiger partial charge in [-0.1, -0.05) is 40.5 Å². The van der Waals surface area contributed by atoms with E-state index >= 15 is 0 Å². The Hall–Kier alpha value is 0. The first kappa shape index (κ1) is 9.00. The molecule has 0 N–H and O–H groups in total. The van der Waals surface area contributed by atoms with Gasteiger partial charge in [0.1, 0.15) is 0 Å². The van der Waals surface area contributed by atoms with Crippen LogP contribution in [-0.4, -0.2) is 0 Å². The molecule has 1 unspecified atom stereocenters. The Labute approximate surface area is 59.7 Å². The van der Waals surface area contributed by atoms with E-state index in [1.807, 2.05) is 0 Å². The van der Waals surface area contributed by atoms with E-state index in [-0.39, 0.29) is 0 Å². The van der Waals surface area contributed by atoms with Crippen LogP contribution in [-0.2, 0) is 0 Å². The Bertz CT molecular complexity index is 49.1. The summed E-state index contributed by atoms with van der Waals surface area (Å²) in [5.41, 5.74) is 0. The Kier molecular flexibility index (Phi) is 4.84. The molecule has 0 saturated heterocycles. The van der Waals surface area contributed by atoms with Crippen LogP contribution in [0.15, 0.2) is 0 Å². The van der Waals surface area contributed by atoms with E-state index in [1.54, 1.807) is 5.92 Å². The first-order chi connectivity index (χ1) is 4.20. The molecule has 9 heavy (non-hydrogen) atoms. The van der Waals surface area contributed by atoms with Crippen molar-refractivity contribution in [3.63, 3.8) is 0 Å². The zero-order valence-electron chi connectivity index (χ0n) is 7.20. The van der Waals surface area contributed by atoms with Crippen LogP contribution in [0, 0.1) is 11.8 Å². The van der Waals surface area contributed by atoms with E-state index in [9.17, 15) is 0 Å². The molecule has 0 spiro atoms. The highest BCUT2D eigenvalue weighted by molar-refractivity contribution is 4.83. The second-order valence-corrected chi connectivity index (χ2v) is 3.03. The van der Waals surface area contributed by atoms with Crippen molar-refractivity contribution in [3.05, 3.63) is 5.92 Å². The summed E-state index contributed by atoms with van der Waals surface area (Å²) in [6, 6.07) is 0. The lowest BCUT2D eigenvalue weighted by Gasteiger charge is -2.12. The van der Waals surface area contributed by atoms with Gasteiger partial charge in [0.15, 0.2) is 0 Å². The molecule has 0 fully saturated rings. The van der Waals surface area contributed by atoms with Gasteiger partial charge < -0.3 is 0 Å². The molecule has 0 aromatic rings. The fraction of sp³-hybridized carbons (Fsp3) is 0.889. The molecule has 1 atom stereocenters. The van der Waals surface area contributed by atoms with Gasteiger partial charge in [0.25, 0.3) is 0 Å². The zero-order valence-corrected chi connectivity index (χ0v) is 7.20. The molecule has 1 radical (unpaired) electrons. The average Bonchev–Trinajstić information content (AvgIpc) is 1.87. The van der Waals surface area contributed by atoms with Crippen molar-refractivity contribution in [1.29, 1.82) is 0 Å². The fourth-order valence-corrected chi connectivity index (χ4v) is 0.884. The molecule has 0 aliphatic heterocycles. The zero-order chi connectivity index (χ0) is 7.28. The summed E-state index contributed by atoms with van der Waals surface area (Å²) < 4.78 is 0. The third kappa shape index (κ3) is 4.50. The maximum atomic E-state index is 2.32. The minimum Gasteiger partial charge on any atom is -0.0651 e. The minimum absolute atomic E-state index is 0.893. The smallest absolute Gasteiger partial charge is 0.0272 e. The summed E-state index contributed by atoms with van der Waals surface area (Å²) in [6.45, 7) is 9.07. The monoisotopic (exact) mass is 127 g/mol. The van der Waals surface area contributed by atoms with E-state index < -0.39 is 0 Å². The molecule has 0 aliphatic carbocycles. The standard InChI is InChI=1S/C9H19/c1-5-8(3)7-9(4)6-2/h8H,5-7H2,1-4H3. The van der Waals surface area contributed by atoms with Crippen LogP contribution < -0.4 is 0 Å². The largest absolute Gasteiger partial charge is 0.0651 e. The maximum Gasteiger partial charge on any atom is -0.0272 e. The van der Waals surface area contributed by atoms with E-state index in [1.165, 1.54) is 19.3 Å². The van der Waals surface area contributed by atoms with Gasteiger partial charge >= 0.3 is 0 Å². The molecule has 0 amide bonds. The topological polar surface area (TPSA) is 0 Å². The first-order valence-electron chi connectivity index (χ1n) is 4.02. The Morgan fingerprint density at radius 2 is 1.89 bits per heavy atom. The molecule has 0 aromatic heterocycles. The van der Waals surface area contributed by atoms with E-state index in [0.717, 1.165) is 5.92 Å². The lowest BCUT2D eigenvalue weighted by atomic mass is 9.94. The third-order valence-corrected chi connectivity index (χ3v) is 2.00. The van der Waals surface area contributed by atoms with Crippen molar-refractivity contribution in [1.82, 2.24) is 0 Å². The van der Waals surface area contributed by atoms with Gasteiger partial charge in [-0.05, 0) is 18.3 Å². The quantitative estimate of drug-likeness (QED) is 0.542. The van der Waals surface area contributed by atoms with Crippen LogP contribution in [0.3, 0.4) is 0 Å². The molecule has 0 aliphatic rings. The molecule has 0 bridgehead atoms. The molecular formula is C9H19. The minimum atomic E-state index is 0.893. The van der Waals surface area contributed by atoms with Gasteiger partial charge in [-0.2, -0.15) is 0 Å². The van der Waals surface area contributed by atoms with Crippen LogP contribution in [0.2, 0.25) is 0 Å². The summed E-state index contributed by atoms with van der Waals surface area (Å²) in [7, 11) is 0. The second kappa shape index (κ2) is 4.84. The lowest BCUT2D eigenvalue weighted by molar-refractivity contribution is 0.515. The Morgan fingerprint density at radius 3 is 2.22 bits per heavy atom. The van der Waals surface area contributed by atoms with Gasteiger partial charge in [0.05, 0.1) is 0 Å². The van der Waals surface area contributed by atoms with Crippen LogP contribution >= 0.6 is 0 Å². The van der Waals surface area contributed by atoms with Crippen molar-refractivity contribution in [2.75, 3.05) is 0 Å². The van der Waals surface area contributed by atoms with Gasteiger partial charge in [0, 0.05) is 0 Å². The lowest BCUT2D eigenvalue weighted by Crippen LogP contribution is -1.98. The van der Waals surface area contributed by atoms with Gasteiger partial charge in [-0.25, -0.2) is 0 Å². The molecule has 0 aromatic carbocycles. The van der Waals surface area contributed by atoms with Crippen molar-refractivity contribution >= 4 is 0 Å². The van der Waals surface area contributed by atoms with Gasteiger partial charge in [-0.3, -0.25) is 0 Å². The normalized spacial score (nSPS) is 14.3. The van der Waals surface area contributed by atoms with E-state index in [0.29, 0.717) is 0 Å².